The van der Waals surface area contributed by atoms with Gasteiger partial charge in [0.15, 0.2) is 0 Å². The fourth-order valence-electron chi connectivity index (χ4n) is 3.13. The molecule has 0 bridgehead atoms. The first-order valence-corrected chi connectivity index (χ1v) is 8.98. The topological polar surface area (TPSA) is 28.2 Å². The standard InChI is InChI=1S/C16H29N3S/c1-4-9-17-16(15-18-14(3)13-20-15)7-6-11-19(10-5-2)12-8-16/h13,17H,4-12H2,1-3H3. The van der Waals surface area contributed by atoms with Crippen LogP contribution in [0.3, 0.4) is 0 Å². The van der Waals surface area contributed by atoms with Crippen molar-refractivity contribution < 1.29 is 0 Å². The van der Waals surface area contributed by atoms with Crippen LogP contribution in [0.2, 0.25) is 0 Å². The highest BCUT2D eigenvalue weighted by Gasteiger charge is 2.36. The molecule has 0 aromatic carbocycles. The second kappa shape index (κ2) is 7.53. The van der Waals surface area contributed by atoms with Crippen LogP contribution in [0.25, 0.3) is 0 Å². The van der Waals surface area contributed by atoms with Crippen molar-refractivity contribution in [1.82, 2.24) is 15.2 Å². The monoisotopic (exact) mass is 295 g/mol. The number of rotatable bonds is 6. The fourth-order valence-corrected chi connectivity index (χ4v) is 4.17. The van der Waals surface area contributed by atoms with Crippen LogP contribution in [0.5, 0.6) is 0 Å². The van der Waals surface area contributed by atoms with Gasteiger partial charge in [0.05, 0.1) is 5.54 Å². The molecule has 1 aliphatic heterocycles. The molecule has 0 radical (unpaired) electrons. The first kappa shape index (κ1) is 15.9. The minimum atomic E-state index is 0.122. The van der Waals surface area contributed by atoms with E-state index in [1.165, 1.54) is 56.7 Å². The fraction of sp³-hybridized carbons (Fsp3) is 0.812. The number of aromatic nitrogens is 1. The van der Waals surface area contributed by atoms with Crippen molar-refractivity contribution in [2.75, 3.05) is 26.2 Å². The molecule has 1 atom stereocenters. The molecule has 1 saturated heterocycles. The molecule has 0 aliphatic carbocycles. The van der Waals surface area contributed by atoms with Gasteiger partial charge in [0, 0.05) is 17.6 Å². The average Bonchev–Trinajstić information content (AvgIpc) is 2.78. The SMILES string of the molecule is CCCNC1(c2nc(C)cs2)CCCN(CCC)CC1. The minimum absolute atomic E-state index is 0.122. The summed E-state index contributed by atoms with van der Waals surface area (Å²) in [4.78, 5) is 7.43. The number of hydrogen-bond acceptors (Lipinski definition) is 4. The van der Waals surface area contributed by atoms with Crippen LogP contribution in [0.15, 0.2) is 5.38 Å². The van der Waals surface area contributed by atoms with Crippen LogP contribution in [0, 0.1) is 6.92 Å². The van der Waals surface area contributed by atoms with E-state index in [2.05, 4.69) is 36.4 Å². The molecule has 4 heteroatoms. The zero-order chi connectivity index (χ0) is 14.4. The molecule has 1 N–H and O–H groups in total. The molecule has 2 rings (SSSR count). The molecule has 1 fully saturated rings. The van der Waals surface area contributed by atoms with E-state index < -0.39 is 0 Å². The van der Waals surface area contributed by atoms with Gasteiger partial charge >= 0.3 is 0 Å². The Balaban J connectivity index is 2.14. The van der Waals surface area contributed by atoms with Gasteiger partial charge in [-0.1, -0.05) is 13.8 Å². The van der Waals surface area contributed by atoms with Crippen LogP contribution in [-0.4, -0.2) is 36.1 Å². The van der Waals surface area contributed by atoms with Gasteiger partial charge in [-0.15, -0.1) is 11.3 Å². The van der Waals surface area contributed by atoms with Crippen LogP contribution < -0.4 is 5.32 Å². The molecule has 1 aromatic heterocycles. The summed E-state index contributed by atoms with van der Waals surface area (Å²) in [5.41, 5.74) is 1.29. The molecule has 0 saturated carbocycles. The van der Waals surface area contributed by atoms with Crippen molar-refractivity contribution >= 4 is 11.3 Å². The van der Waals surface area contributed by atoms with Gasteiger partial charge in [0.2, 0.25) is 0 Å². The third-order valence-corrected chi connectivity index (χ3v) is 5.38. The average molecular weight is 295 g/mol. The molecule has 3 nitrogen and oxygen atoms in total. The smallest absolute Gasteiger partial charge is 0.113 e. The Bertz CT molecular complexity index is 404. The first-order valence-electron chi connectivity index (χ1n) is 8.10. The highest BCUT2D eigenvalue weighted by molar-refractivity contribution is 7.09. The van der Waals surface area contributed by atoms with E-state index in [4.69, 9.17) is 4.98 Å². The Kier molecular flexibility index (Phi) is 6.00. The number of nitrogens with one attached hydrogen (secondary N) is 1. The van der Waals surface area contributed by atoms with E-state index >= 15 is 0 Å². The van der Waals surface area contributed by atoms with Crippen molar-refractivity contribution in [2.45, 2.75) is 58.4 Å². The predicted molar refractivity (Wildman–Crippen MR) is 87.4 cm³/mol. The van der Waals surface area contributed by atoms with Crippen molar-refractivity contribution in [3.05, 3.63) is 16.1 Å². The third kappa shape index (κ3) is 3.80. The van der Waals surface area contributed by atoms with E-state index in [1.54, 1.807) is 0 Å². The number of thiazole rings is 1. The molecule has 0 spiro atoms. The molecule has 1 aromatic rings. The zero-order valence-electron chi connectivity index (χ0n) is 13.2. The number of hydrogen-bond donors (Lipinski definition) is 1. The highest BCUT2D eigenvalue weighted by atomic mass is 32.1. The van der Waals surface area contributed by atoms with Gasteiger partial charge in [-0.2, -0.15) is 0 Å². The number of nitrogens with zero attached hydrogens (tertiary/aromatic N) is 2. The summed E-state index contributed by atoms with van der Waals surface area (Å²) in [7, 11) is 0. The Labute approximate surface area is 127 Å². The van der Waals surface area contributed by atoms with Crippen molar-refractivity contribution in [2.24, 2.45) is 0 Å². The second-order valence-electron chi connectivity index (χ2n) is 6.00. The molecular formula is C16H29N3S. The maximum Gasteiger partial charge on any atom is 0.113 e. The molecule has 0 amide bonds. The first-order chi connectivity index (χ1) is 9.70. The van der Waals surface area contributed by atoms with Crippen molar-refractivity contribution in [3.8, 4) is 0 Å². The lowest BCUT2D eigenvalue weighted by Crippen LogP contribution is -2.43. The van der Waals surface area contributed by atoms with Gasteiger partial charge in [-0.25, -0.2) is 4.98 Å². The van der Waals surface area contributed by atoms with Gasteiger partial charge in [-0.3, -0.25) is 0 Å². The zero-order valence-corrected chi connectivity index (χ0v) is 14.1. The van der Waals surface area contributed by atoms with Crippen molar-refractivity contribution in [1.29, 1.82) is 0 Å². The molecule has 114 valence electrons. The van der Waals surface area contributed by atoms with Gasteiger partial charge in [0.1, 0.15) is 5.01 Å². The Morgan fingerprint density at radius 1 is 1.30 bits per heavy atom. The van der Waals surface area contributed by atoms with Crippen LogP contribution >= 0.6 is 11.3 Å². The summed E-state index contributed by atoms with van der Waals surface area (Å²) < 4.78 is 0. The van der Waals surface area contributed by atoms with Crippen LogP contribution in [0.1, 0.15) is 56.7 Å². The third-order valence-electron chi connectivity index (χ3n) is 4.21. The summed E-state index contributed by atoms with van der Waals surface area (Å²) in [5.74, 6) is 0. The lowest BCUT2D eigenvalue weighted by Gasteiger charge is -2.32. The molecule has 1 aliphatic rings. The summed E-state index contributed by atoms with van der Waals surface area (Å²) in [5, 5.41) is 7.34. The quantitative estimate of drug-likeness (QED) is 0.870. The maximum absolute atomic E-state index is 4.81. The lowest BCUT2D eigenvalue weighted by molar-refractivity contribution is 0.256. The summed E-state index contributed by atoms with van der Waals surface area (Å²) in [6.45, 7) is 11.4. The largest absolute Gasteiger partial charge is 0.305 e. The summed E-state index contributed by atoms with van der Waals surface area (Å²) in [6, 6.07) is 0. The molecule has 1 unspecified atom stereocenters. The van der Waals surface area contributed by atoms with E-state index in [-0.39, 0.29) is 5.54 Å². The second-order valence-corrected chi connectivity index (χ2v) is 6.86. The van der Waals surface area contributed by atoms with E-state index in [9.17, 15) is 0 Å². The molecular weight excluding hydrogens is 266 g/mol. The normalized spacial score (nSPS) is 24.8. The summed E-state index contributed by atoms with van der Waals surface area (Å²) >= 11 is 1.84. The van der Waals surface area contributed by atoms with Gasteiger partial charge in [-0.05, 0) is 58.7 Å². The van der Waals surface area contributed by atoms with Crippen molar-refractivity contribution in [3.63, 3.8) is 0 Å². The highest BCUT2D eigenvalue weighted by Crippen LogP contribution is 2.35. The number of likely N-dealkylation sites (tertiary alicyclic amines) is 1. The minimum Gasteiger partial charge on any atom is -0.305 e. The van der Waals surface area contributed by atoms with Gasteiger partial charge in [0.25, 0.3) is 0 Å². The predicted octanol–water partition coefficient (Wildman–Crippen LogP) is 3.54. The van der Waals surface area contributed by atoms with E-state index in [0.717, 1.165) is 12.2 Å². The van der Waals surface area contributed by atoms with Crippen LogP contribution in [0.4, 0.5) is 0 Å². The Morgan fingerprint density at radius 2 is 2.15 bits per heavy atom. The van der Waals surface area contributed by atoms with Crippen LogP contribution in [-0.2, 0) is 5.54 Å². The van der Waals surface area contributed by atoms with Gasteiger partial charge < -0.3 is 10.2 Å². The Hall–Kier alpha value is -0.450. The summed E-state index contributed by atoms with van der Waals surface area (Å²) in [6.07, 6.45) is 6.13. The Morgan fingerprint density at radius 3 is 2.80 bits per heavy atom. The van der Waals surface area contributed by atoms with E-state index in [1.807, 2.05) is 11.3 Å². The molecule has 2 heterocycles. The number of aryl methyl sites for hydroxylation is 1. The maximum atomic E-state index is 4.81. The van der Waals surface area contributed by atoms with E-state index in [0.29, 0.717) is 0 Å². The lowest BCUT2D eigenvalue weighted by atomic mass is 9.91. The molecule has 20 heavy (non-hydrogen) atoms.